The summed E-state index contributed by atoms with van der Waals surface area (Å²) >= 11 is 0. The molecule has 110 valence electrons. The van der Waals surface area contributed by atoms with Crippen molar-refractivity contribution in [3.63, 3.8) is 0 Å². The maximum Gasteiger partial charge on any atom is 0.0837 e. The molecule has 0 bridgehead atoms. The molecule has 0 saturated carbocycles. The molecule has 1 fully saturated rings. The van der Waals surface area contributed by atoms with Crippen molar-refractivity contribution in [1.82, 2.24) is 9.47 Å². The average molecular weight is 282 g/mol. The molecule has 1 N–H and O–H groups in total. The zero-order chi connectivity index (χ0) is 14.8. The molecular weight excluding hydrogens is 260 g/mol. The Morgan fingerprint density at radius 1 is 1.38 bits per heavy atom. The van der Waals surface area contributed by atoms with E-state index in [9.17, 15) is 5.11 Å². The molecule has 1 aliphatic heterocycles. The van der Waals surface area contributed by atoms with Crippen LogP contribution in [0.3, 0.4) is 0 Å². The predicted octanol–water partition coefficient (Wildman–Crippen LogP) is 2.40. The molecule has 1 unspecified atom stereocenters. The Morgan fingerprint density at radius 3 is 2.90 bits per heavy atom. The van der Waals surface area contributed by atoms with Gasteiger partial charge in [0, 0.05) is 36.3 Å². The van der Waals surface area contributed by atoms with Crippen LogP contribution in [0.1, 0.15) is 17.7 Å². The minimum Gasteiger partial charge on any atom is -0.396 e. The minimum absolute atomic E-state index is 0.300. The highest BCUT2D eigenvalue weighted by Crippen LogP contribution is 2.28. The topological polar surface area (TPSA) is 28.4 Å². The summed E-state index contributed by atoms with van der Waals surface area (Å²) in [5.41, 5.74) is 3.86. The summed E-state index contributed by atoms with van der Waals surface area (Å²) in [5.74, 6) is 3.19. The van der Waals surface area contributed by atoms with Crippen molar-refractivity contribution in [2.75, 3.05) is 19.7 Å². The standard InChI is InChI=1S/C18H22N2O/c1-3-9-20-14(2)17(16-6-4-5-7-18(16)20)12-19-10-8-15(11-19)13-21/h1,4-7,15,21H,8-13H2,2H3. The summed E-state index contributed by atoms with van der Waals surface area (Å²) in [4.78, 5) is 2.44. The van der Waals surface area contributed by atoms with Crippen LogP contribution in [0.2, 0.25) is 0 Å². The number of fused-ring (bicyclic) bond motifs is 1. The molecule has 1 aromatic carbocycles. The quantitative estimate of drug-likeness (QED) is 0.872. The van der Waals surface area contributed by atoms with E-state index in [2.05, 4.69) is 46.6 Å². The molecule has 21 heavy (non-hydrogen) atoms. The number of benzene rings is 1. The van der Waals surface area contributed by atoms with E-state index >= 15 is 0 Å². The third kappa shape index (κ3) is 2.57. The van der Waals surface area contributed by atoms with Crippen LogP contribution < -0.4 is 0 Å². The van der Waals surface area contributed by atoms with Crippen LogP contribution in [-0.4, -0.2) is 34.3 Å². The second-order valence-electron chi connectivity index (χ2n) is 5.94. The first-order chi connectivity index (χ1) is 10.2. The first kappa shape index (κ1) is 14.2. The molecule has 3 nitrogen and oxygen atoms in total. The fourth-order valence-electron chi connectivity index (χ4n) is 3.43. The highest BCUT2D eigenvalue weighted by molar-refractivity contribution is 5.85. The SMILES string of the molecule is C#CCn1c(C)c(CN2CCC(CO)C2)c2ccccc21. The van der Waals surface area contributed by atoms with Crippen molar-refractivity contribution in [1.29, 1.82) is 0 Å². The number of rotatable bonds is 4. The third-order valence-electron chi connectivity index (χ3n) is 4.62. The van der Waals surface area contributed by atoms with E-state index in [-0.39, 0.29) is 0 Å². The second kappa shape index (κ2) is 5.93. The normalized spacial score (nSPS) is 19.2. The van der Waals surface area contributed by atoms with E-state index in [1.165, 1.54) is 22.2 Å². The van der Waals surface area contributed by atoms with Gasteiger partial charge in [-0.3, -0.25) is 4.90 Å². The first-order valence-electron chi connectivity index (χ1n) is 7.58. The molecule has 2 aromatic rings. The molecule has 0 aliphatic carbocycles. The van der Waals surface area contributed by atoms with Crippen molar-refractivity contribution in [3.05, 3.63) is 35.5 Å². The predicted molar refractivity (Wildman–Crippen MR) is 86.0 cm³/mol. The number of hydrogen-bond donors (Lipinski definition) is 1. The van der Waals surface area contributed by atoms with Gasteiger partial charge in [0.25, 0.3) is 0 Å². The molecule has 0 radical (unpaired) electrons. The number of aliphatic hydroxyl groups excluding tert-OH is 1. The number of aromatic nitrogens is 1. The van der Waals surface area contributed by atoms with Crippen molar-refractivity contribution in [2.24, 2.45) is 5.92 Å². The van der Waals surface area contributed by atoms with Gasteiger partial charge in [-0.15, -0.1) is 6.42 Å². The lowest BCUT2D eigenvalue weighted by Crippen LogP contribution is -2.21. The summed E-state index contributed by atoms with van der Waals surface area (Å²) in [5, 5.41) is 10.6. The molecule has 0 spiro atoms. The Hall–Kier alpha value is -1.76. The van der Waals surface area contributed by atoms with Gasteiger partial charge in [0.05, 0.1) is 6.54 Å². The lowest BCUT2D eigenvalue weighted by atomic mass is 10.1. The van der Waals surface area contributed by atoms with Gasteiger partial charge in [-0.1, -0.05) is 24.1 Å². The molecule has 1 saturated heterocycles. The average Bonchev–Trinajstić information content (AvgIpc) is 3.06. The summed E-state index contributed by atoms with van der Waals surface area (Å²) in [6.45, 7) is 6.08. The maximum atomic E-state index is 9.30. The van der Waals surface area contributed by atoms with Gasteiger partial charge in [0.1, 0.15) is 0 Å². The van der Waals surface area contributed by atoms with Crippen LogP contribution in [0.25, 0.3) is 10.9 Å². The Bertz CT molecular complexity index is 680. The zero-order valence-corrected chi connectivity index (χ0v) is 12.5. The molecule has 1 aromatic heterocycles. The van der Waals surface area contributed by atoms with Gasteiger partial charge >= 0.3 is 0 Å². The number of hydrogen-bond acceptors (Lipinski definition) is 2. The van der Waals surface area contributed by atoms with Crippen LogP contribution in [0, 0.1) is 25.2 Å². The lowest BCUT2D eigenvalue weighted by molar-refractivity contribution is 0.220. The van der Waals surface area contributed by atoms with Gasteiger partial charge in [-0.25, -0.2) is 0 Å². The van der Waals surface area contributed by atoms with Crippen molar-refractivity contribution in [2.45, 2.75) is 26.4 Å². The largest absolute Gasteiger partial charge is 0.396 e. The number of aliphatic hydroxyl groups is 1. The molecule has 1 aliphatic rings. The summed E-state index contributed by atoms with van der Waals surface area (Å²) < 4.78 is 2.23. The smallest absolute Gasteiger partial charge is 0.0837 e. The number of para-hydroxylation sites is 1. The Morgan fingerprint density at radius 2 is 2.19 bits per heavy atom. The fourth-order valence-corrected chi connectivity index (χ4v) is 3.43. The second-order valence-corrected chi connectivity index (χ2v) is 5.94. The Balaban J connectivity index is 1.95. The van der Waals surface area contributed by atoms with Crippen LogP contribution in [0.5, 0.6) is 0 Å². The van der Waals surface area contributed by atoms with Crippen molar-refractivity contribution in [3.8, 4) is 12.3 Å². The lowest BCUT2D eigenvalue weighted by Gasteiger charge is -2.16. The molecule has 3 rings (SSSR count). The highest BCUT2D eigenvalue weighted by atomic mass is 16.3. The Kier molecular flexibility index (Phi) is 4.01. The number of terminal acetylenes is 1. The van der Waals surface area contributed by atoms with Gasteiger partial charge < -0.3 is 9.67 Å². The van der Waals surface area contributed by atoms with E-state index in [0.29, 0.717) is 19.1 Å². The van der Waals surface area contributed by atoms with Crippen LogP contribution in [0.15, 0.2) is 24.3 Å². The van der Waals surface area contributed by atoms with Crippen LogP contribution >= 0.6 is 0 Å². The molecule has 3 heteroatoms. The van der Waals surface area contributed by atoms with E-state index in [1.54, 1.807) is 0 Å². The van der Waals surface area contributed by atoms with Gasteiger partial charge in [-0.2, -0.15) is 0 Å². The zero-order valence-electron chi connectivity index (χ0n) is 12.5. The number of nitrogens with zero attached hydrogens (tertiary/aromatic N) is 2. The monoisotopic (exact) mass is 282 g/mol. The molecule has 2 heterocycles. The highest BCUT2D eigenvalue weighted by Gasteiger charge is 2.23. The van der Waals surface area contributed by atoms with Gasteiger partial charge in [-0.05, 0) is 37.4 Å². The Labute approximate surface area is 126 Å². The van der Waals surface area contributed by atoms with Crippen LogP contribution in [0.4, 0.5) is 0 Å². The minimum atomic E-state index is 0.300. The van der Waals surface area contributed by atoms with Crippen molar-refractivity contribution < 1.29 is 5.11 Å². The van der Waals surface area contributed by atoms with E-state index in [1.807, 2.05) is 0 Å². The number of likely N-dealkylation sites (tertiary alicyclic amines) is 1. The maximum absolute atomic E-state index is 9.30. The van der Waals surface area contributed by atoms with Crippen molar-refractivity contribution >= 4 is 10.9 Å². The molecule has 1 atom stereocenters. The summed E-state index contributed by atoms with van der Waals surface area (Å²) in [7, 11) is 0. The first-order valence-corrected chi connectivity index (χ1v) is 7.58. The molecule has 0 amide bonds. The van der Waals surface area contributed by atoms with Gasteiger partial charge in [0.2, 0.25) is 0 Å². The fraction of sp³-hybridized carbons (Fsp3) is 0.444. The van der Waals surface area contributed by atoms with Gasteiger partial charge in [0.15, 0.2) is 0 Å². The van der Waals surface area contributed by atoms with Crippen LogP contribution in [-0.2, 0) is 13.1 Å². The summed E-state index contributed by atoms with van der Waals surface area (Å²) in [6.07, 6.45) is 6.62. The van der Waals surface area contributed by atoms with E-state index < -0.39 is 0 Å². The summed E-state index contributed by atoms with van der Waals surface area (Å²) in [6, 6.07) is 8.48. The third-order valence-corrected chi connectivity index (χ3v) is 4.62. The molecular formula is C18H22N2O. The van der Waals surface area contributed by atoms with E-state index in [4.69, 9.17) is 6.42 Å². The van der Waals surface area contributed by atoms with E-state index in [0.717, 1.165) is 26.1 Å².